The largest absolute Gasteiger partial charge is 0.0843 e. The third kappa shape index (κ3) is 3.07. The van der Waals surface area contributed by atoms with Crippen molar-refractivity contribution in [3.63, 3.8) is 0 Å². The zero-order valence-corrected chi connectivity index (χ0v) is 14.5. The molecule has 0 atom stereocenters. The molecule has 17 heavy (non-hydrogen) atoms. The molecule has 0 fully saturated rings. The number of halogens is 5. The van der Waals surface area contributed by atoms with E-state index in [0.717, 1.165) is 24.5 Å². The summed E-state index contributed by atoms with van der Waals surface area (Å²) >= 11 is 22.5. The van der Waals surface area contributed by atoms with Crippen LogP contribution in [0, 0.1) is 0 Å². The smallest absolute Gasteiger partial charge is 0.0569 e. The molecule has 0 amide bonds. The molecule has 0 N–H and O–H groups in total. The van der Waals surface area contributed by atoms with Crippen LogP contribution in [0.25, 0.3) is 11.1 Å². The van der Waals surface area contributed by atoms with E-state index in [4.69, 9.17) is 23.2 Å². The number of benzene rings is 2. The summed E-state index contributed by atoms with van der Waals surface area (Å²) in [5.74, 6) is 0. The highest BCUT2D eigenvalue weighted by molar-refractivity contribution is 9.13. The molecular formula is C12H5Br3Cl2. The fourth-order valence-corrected chi connectivity index (χ4v) is 3.01. The van der Waals surface area contributed by atoms with E-state index in [9.17, 15) is 0 Å². The molecule has 0 aliphatic heterocycles. The Bertz CT molecular complexity index is 582. The zero-order valence-electron chi connectivity index (χ0n) is 8.28. The second kappa shape index (κ2) is 5.62. The second-order valence-corrected chi connectivity index (χ2v) is 6.72. The highest BCUT2D eigenvalue weighted by Gasteiger charge is 2.09. The second-order valence-electron chi connectivity index (χ2n) is 3.38. The van der Waals surface area contributed by atoms with Crippen LogP contribution in [0.3, 0.4) is 0 Å². The zero-order chi connectivity index (χ0) is 12.6. The molecule has 0 spiro atoms. The summed E-state index contributed by atoms with van der Waals surface area (Å²) in [6, 6.07) is 9.58. The minimum Gasteiger partial charge on any atom is -0.0843 e. The predicted molar refractivity (Wildman–Crippen MR) is 85.0 cm³/mol. The molecule has 0 aliphatic rings. The minimum absolute atomic E-state index is 0.603. The van der Waals surface area contributed by atoms with Crippen LogP contribution in [0.1, 0.15) is 0 Å². The van der Waals surface area contributed by atoms with E-state index in [1.807, 2.05) is 24.3 Å². The van der Waals surface area contributed by atoms with Gasteiger partial charge in [0.2, 0.25) is 0 Å². The summed E-state index contributed by atoms with van der Waals surface area (Å²) in [6.07, 6.45) is 0. The molecule has 88 valence electrons. The molecule has 0 unspecified atom stereocenters. The van der Waals surface area contributed by atoms with Gasteiger partial charge in [-0.25, -0.2) is 0 Å². The Balaban J connectivity index is 2.64. The van der Waals surface area contributed by atoms with Crippen molar-refractivity contribution in [1.29, 1.82) is 0 Å². The Morgan fingerprint density at radius 2 is 1.53 bits per heavy atom. The normalized spacial score (nSPS) is 10.6. The average molecular weight is 460 g/mol. The Labute approximate surface area is 135 Å². The summed E-state index contributed by atoms with van der Waals surface area (Å²) in [5.41, 5.74) is 2.01. The quantitative estimate of drug-likeness (QED) is 0.405. The first-order chi connectivity index (χ1) is 7.99. The van der Waals surface area contributed by atoms with E-state index in [1.165, 1.54) is 0 Å². The maximum absolute atomic E-state index is 6.09. The molecule has 2 rings (SSSR count). The topological polar surface area (TPSA) is 0 Å². The van der Waals surface area contributed by atoms with E-state index in [0.29, 0.717) is 10.0 Å². The van der Waals surface area contributed by atoms with E-state index in [-0.39, 0.29) is 0 Å². The SMILES string of the molecule is Clc1cc(Cl)c(Br)c(-c2ccc(Br)c(Br)c2)c1. The number of hydrogen-bond acceptors (Lipinski definition) is 0. The van der Waals surface area contributed by atoms with E-state index >= 15 is 0 Å². The van der Waals surface area contributed by atoms with E-state index < -0.39 is 0 Å². The van der Waals surface area contributed by atoms with Crippen molar-refractivity contribution in [2.45, 2.75) is 0 Å². The first kappa shape index (κ1) is 13.9. The van der Waals surface area contributed by atoms with Crippen LogP contribution in [-0.2, 0) is 0 Å². The predicted octanol–water partition coefficient (Wildman–Crippen LogP) is 6.95. The fraction of sp³-hybridized carbons (Fsp3) is 0. The van der Waals surface area contributed by atoms with Gasteiger partial charge in [-0.2, -0.15) is 0 Å². The first-order valence-corrected chi connectivity index (χ1v) is 7.72. The van der Waals surface area contributed by atoms with Crippen molar-refractivity contribution in [2.75, 3.05) is 0 Å². The van der Waals surface area contributed by atoms with Gasteiger partial charge in [-0.05, 0) is 83.2 Å². The molecule has 0 saturated carbocycles. The Morgan fingerprint density at radius 3 is 2.18 bits per heavy atom. The lowest BCUT2D eigenvalue weighted by Gasteiger charge is -2.08. The molecular weight excluding hydrogens is 455 g/mol. The van der Waals surface area contributed by atoms with Gasteiger partial charge >= 0.3 is 0 Å². The lowest BCUT2D eigenvalue weighted by atomic mass is 10.1. The highest BCUT2D eigenvalue weighted by Crippen LogP contribution is 2.38. The number of hydrogen-bond donors (Lipinski definition) is 0. The van der Waals surface area contributed by atoms with Gasteiger partial charge in [0.25, 0.3) is 0 Å². The van der Waals surface area contributed by atoms with Crippen LogP contribution < -0.4 is 0 Å². The van der Waals surface area contributed by atoms with Crippen LogP contribution in [-0.4, -0.2) is 0 Å². The average Bonchev–Trinajstić information content (AvgIpc) is 2.27. The molecule has 2 aromatic carbocycles. The van der Waals surface area contributed by atoms with Crippen LogP contribution in [0.4, 0.5) is 0 Å². The van der Waals surface area contributed by atoms with Crippen LogP contribution in [0.2, 0.25) is 10.0 Å². The summed E-state index contributed by atoms with van der Waals surface area (Å²) < 4.78 is 2.83. The Morgan fingerprint density at radius 1 is 0.824 bits per heavy atom. The molecule has 5 heteroatoms. The van der Waals surface area contributed by atoms with Crippen LogP contribution in [0.15, 0.2) is 43.7 Å². The lowest BCUT2D eigenvalue weighted by molar-refractivity contribution is 1.54. The molecule has 0 nitrogen and oxygen atoms in total. The van der Waals surface area contributed by atoms with E-state index in [1.54, 1.807) is 6.07 Å². The molecule has 0 saturated heterocycles. The van der Waals surface area contributed by atoms with Crippen molar-refractivity contribution in [2.24, 2.45) is 0 Å². The van der Waals surface area contributed by atoms with E-state index in [2.05, 4.69) is 47.8 Å². The van der Waals surface area contributed by atoms with Gasteiger partial charge in [0, 0.05) is 18.4 Å². The van der Waals surface area contributed by atoms with Crippen molar-refractivity contribution in [1.82, 2.24) is 0 Å². The Hall–Kier alpha value is 0.460. The van der Waals surface area contributed by atoms with Gasteiger partial charge in [0.15, 0.2) is 0 Å². The summed E-state index contributed by atoms with van der Waals surface area (Å²) in [6.45, 7) is 0. The van der Waals surface area contributed by atoms with Crippen LogP contribution in [0.5, 0.6) is 0 Å². The maximum atomic E-state index is 6.09. The van der Waals surface area contributed by atoms with Crippen molar-refractivity contribution in [3.05, 3.63) is 53.8 Å². The molecule has 0 aromatic heterocycles. The minimum atomic E-state index is 0.603. The lowest BCUT2D eigenvalue weighted by Crippen LogP contribution is -1.83. The van der Waals surface area contributed by atoms with Gasteiger partial charge in [-0.1, -0.05) is 29.3 Å². The van der Waals surface area contributed by atoms with Gasteiger partial charge in [0.1, 0.15) is 0 Å². The molecule has 0 aliphatic carbocycles. The fourth-order valence-electron chi connectivity index (χ4n) is 1.43. The molecule has 2 aromatic rings. The van der Waals surface area contributed by atoms with Gasteiger partial charge in [0.05, 0.1) is 5.02 Å². The Kier molecular flexibility index (Phi) is 4.59. The highest BCUT2D eigenvalue weighted by atomic mass is 79.9. The summed E-state index contributed by atoms with van der Waals surface area (Å²) in [7, 11) is 0. The summed E-state index contributed by atoms with van der Waals surface area (Å²) in [5, 5.41) is 1.22. The standard InChI is InChI=1S/C12H5Br3Cl2/c13-9-2-1-6(3-10(9)14)8-4-7(16)5-11(17)12(8)15/h1-5H. The van der Waals surface area contributed by atoms with Gasteiger partial charge < -0.3 is 0 Å². The summed E-state index contributed by atoms with van der Waals surface area (Å²) in [4.78, 5) is 0. The first-order valence-electron chi connectivity index (χ1n) is 4.59. The van der Waals surface area contributed by atoms with Crippen molar-refractivity contribution < 1.29 is 0 Å². The third-order valence-electron chi connectivity index (χ3n) is 2.22. The molecule has 0 radical (unpaired) electrons. The van der Waals surface area contributed by atoms with Crippen LogP contribution >= 0.6 is 71.0 Å². The maximum Gasteiger partial charge on any atom is 0.0569 e. The molecule has 0 bridgehead atoms. The van der Waals surface area contributed by atoms with Crippen molar-refractivity contribution >= 4 is 71.0 Å². The van der Waals surface area contributed by atoms with Gasteiger partial charge in [-0.3, -0.25) is 0 Å². The number of rotatable bonds is 1. The monoisotopic (exact) mass is 456 g/mol. The molecule has 0 heterocycles. The third-order valence-corrected chi connectivity index (χ3v) is 5.70. The van der Waals surface area contributed by atoms with Crippen molar-refractivity contribution in [3.8, 4) is 11.1 Å². The van der Waals surface area contributed by atoms with Gasteiger partial charge in [-0.15, -0.1) is 0 Å².